The Morgan fingerprint density at radius 1 is 1.20 bits per heavy atom. The number of hydrogen-bond acceptors (Lipinski definition) is 2. The summed E-state index contributed by atoms with van der Waals surface area (Å²) >= 11 is 0. The summed E-state index contributed by atoms with van der Waals surface area (Å²) in [6.07, 6.45) is 10.7. The van der Waals surface area contributed by atoms with E-state index in [0.717, 1.165) is 25.7 Å². The number of hydrogen-bond donors (Lipinski definition) is 2. The van der Waals surface area contributed by atoms with Crippen LogP contribution in [0.2, 0.25) is 0 Å². The van der Waals surface area contributed by atoms with Gasteiger partial charge in [-0.1, -0.05) is 33.1 Å². The fraction of sp³-hybridized carbons (Fsp3) is 0.941. The monoisotopic (exact) mass is 280 g/mol. The van der Waals surface area contributed by atoms with Gasteiger partial charge in [-0.25, -0.2) is 0 Å². The van der Waals surface area contributed by atoms with E-state index in [4.69, 9.17) is 5.73 Å². The second-order valence-electron chi connectivity index (χ2n) is 7.07. The van der Waals surface area contributed by atoms with Crippen molar-refractivity contribution in [3.05, 3.63) is 0 Å². The lowest BCUT2D eigenvalue weighted by atomic mass is 9.78. The molecular formula is C17H32N2O. The Morgan fingerprint density at radius 3 is 2.50 bits per heavy atom. The molecule has 0 aromatic heterocycles. The fourth-order valence-electron chi connectivity index (χ4n) is 3.99. The molecule has 2 aliphatic carbocycles. The van der Waals surface area contributed by atoms with Gasteiger partial charge in [-0.05, 0) is 50.4 Å². The summed E-state index contributed by atoms with van der Waals surface area (Å²) in [6, 6.07) is 0.590. The molecule has 2 saturated carbocycles. The van der Waals surface area contributed by atoms with Gasteiger partial charge in [-0.2, -0.15) is 0 Å². The van der Waals surface area contributed by atoms with Crippen molar-refractivity contribution >= 4 is 5.91 Å². The van der Waals surface area contributed by atoms with Crippen molar-refractivity contribution in [3.63, 3.8) is 0 Å². The van der Waals surface area contributed by atoms with Gasteiger partial charge in [0.15, 0.2) is 0 Å². The summed E-state index contributed by atoms with van der Waals surface area (Å²) < 4.78 is 0. The first kappa shape index (κ1) is 15.8. The highest BCUT2D eigenvalue weighted by molar-refractivity contribution is 5.79. The van der Waals surface area contributed by atoms with E-state index in [2.05, 4.69) is 19.2 Å². The van der Waals surface area contributed by atoms with Crippen LogP contribution in [0.4, 0.5) is 0 Å². The van der Waals surface area contributed by atoms with Gasteiger partial charge in [0, 0.05) is 18.0 Å². The molecule has 0 bridgehead atoms. The van der Waals surface area contributed by atoms with Crippen LogP contribution in [0.1, 0.15) is 71.6 Å². The minimum atomic E-state index is 0.152. The topological polar surface area (TPSA) is 55.1 Å². The largest absolute Gasteiger partial charge is 0.353 e. The number of nitrogens with one attached hydrogen (secondary N) is 1. The Bertz CT molecular complexity index is 312. The van der Waals surface area contributed by atoms with Gasteiger partial charge in [0.1, 0.15) is 0 Å². The molecule has 20 heavy (non-hydrogen) atoms. The number of amides is 1. The molecule has 116 valence electrons. The molecule has 4 unspecified atom stereocenters. The number of carbonyl (C=O) groups is 1. The van der Waals surface area contributed by atoms with Crippen LogP contribution in [0.15, 0.2) is 0 Å². The van der Waals surface area contributed by atoms with E-state index in [-0.39, 0.29) is 17.9 Å². The molecule has 2 fully saturated rings. The number of nitrogens with two attached hydrogens (primary N) is 1. The Labute approximate surface area is 124 Å². The maximum Gasteiger partial charge on any atom is 0.223 e. The molecule has 0 aromatic rings. The normalized spacial score (nSPS) is 33.6. The van der Waals surface area contributed by atoms with Gasteiger partial charge in [-0.3, -0.25) is 4.79 Å². The Kier molecular flexibility index (Phi) is 5.88. The third kappa shape index (κ3) is 3.97. The highest BCUT2D eigenvalue weighted by Crippen LogP contribution is 2.30. The molecule has 1 amide bonds. The number of carbonyl (C=O) groups excluding carboxylic acids is 1. The van der Waals surface area contributed by atoms with Crippen molar-refractivity contribution in [2.75, 3.05) is 0 Å². The van der Waals surface area contributed by atoms with Crippen LogP contribution in [-0.4, -0.2) is 18.0 Å². The Balaban J connectivity index is 1.85. The van der Waals surface area contributed by atoms with Crippen LogP contribution in [0.5, 0.6) is 0 Å². The van der Waals surface area contributed by atoms with E-state index in [0.29, 0.717) is 17.9 Å². The molecule has 0 saturated heterocycles. The second-order valence-corrected chi connectivity index (χ2v) is 7.07. The molecule has 3 nitrogen and oxygen atoms in total. The summed E-state index contributed by atoms with van der Waals surface area (Å²) in [5.74, 6) is 1.69. The van der Waals surface area contributed by atoms with Crippen LogP contribution in [-0.2, 0) is 4.79 Å². The van der Waals surface area contributed by atoms with E-state index >= 15 is 0 Å². The Morgan fingerprint density at radius 2 is 1.90 bits per heavy atom. The van der Waals surface area contributed by atoms with Crippen molar-refractivity contribution in [1.29, 1.82) is 0 Å². The molecule has 0 aromatic carbocycles. The van der Waals surface area contributed by atoms with Gasteiger partial charge in [0.05, 0.1) is 0 Å². The lowest BCUT2D eigenvalue weighted by Gasteiger charge is -2.34. The van der Waals surface area contributed by atoms with Crippen LogP contribution in [0, 0.1) is 17.8 Å². The minimum absolute atomic E-state index is 0.152. The first-order valence-corrected chi connectivity index (χ1v) is 8.67. The van der Waals surface area contributed by atoms with Crippen molar-refractivity contribution in [2.45, 2.75) is 83.7 Å². The lowest BCUT2D eigenvalue weighted by Crippen LogP contribution is -2.46. The van der Waals surface area contributed by atoms with Crippen LogP contribution >= 0.6 is 0 Å². The molecule has 0 heterocycles. The first-order valence-electron chi connectivity index (χ1n) is 8.67. The molecule has 0 aliphatic heterocycles. The van der Waals surface area contributed by atoms with Gasteiger partial charge >= 0.3 is 0 Å². The smallest absolute Gasteiger partial charge is 0.223 e. The van der Waals surface area contributed by atoms with Crippen molar-refractivity contribution < 1.29 is 4.79 Å². The predicted molar refractivity (Wildman–Crippen MR) is 83.3 cm³/mol. The first-order chi connectivity index (χ1) is 9.61. The third-order valence-electron chi connectivity index (χ3n) is 5.62. The average Bonchev–Trinajstić information content (AvgIpc) is 2.48. The molecular weight excluding hydrogens is 248 g/mol. The standard InChI is InChI=1S/C17H32N2O/c1-3-16(13-7-5-4-6-8-13)19-17(20)14-10-9-12(2)15(18)11-14/h12-16H,3-11,18H2,1-2H3,(H,19,20). The Hall–Kier alpha value is -0.570. The SMILES string of the molecule is CCC(NC(=O)C1CCC(C)C(N)C1)C1CCCCC1. The second kappa shape index (κ2) is 7.44. The maximum atomic E-state index is 12.5. The van der Waals surface area contributed by atoms with Gasteiger partial charge in [0.25, 0.3) is 0 Å². The molecule has 4 atom stereocenters. The van der Waals surface area contributed by atoms with Crippen molar-refractivity contribution in [2.24, 2.45) is 23.5 Å². The predicted octanol–water partition coefficient (Wildman–Crippen LogP) is 3.23. The van der Waals surface area contributed by atoms with E-state index in [1.54, 1.807) is 0 Å². The highest BCUT2D eigenvalue weighted by Gasteiger charge is 2.31. The summed E-state index contributed by atoms with van der Waals surface area (Å²) in [5.41, 5.74) is 6.13. The van der Waals surface area contributed by atoms with E-state index in [1.165, 1.54) is 32.1 Å². The molecule has 2 aliphatic rings. The summed E-state index contributed by atoms with van der Waals surface area (Å²) in [5, 5.41) is 3.35. The number of rotatable bonds is 4. The minimum Gasteiger partial charge on any atom is -0.353 e. The average molecular weight is 280 g/mol. The zero-order valence-corrected chi connectivity index (χ0v) is 13.2. The van der Waals surface area contributed by atoms with Crippen LogP contribution in [0.25, 0.3) is 0 Å². The zero-order valence-electron chi connectivity index (χ0n) is 13.2. The highest BCUT2D eigenvalue weighted by atomic mass is 16.1. The van der Waals surface area contributed by atoms with Crippen molar-refractivity contribution in [3.8, 4) is 0 Å². The lowest BCUT2D eigenvalue weighted by molar-refractivity contribution is -0.127. The molecule has 0 spiro atoms. The molecule has 3 N–H and O–H groups in total. The van der Waals surface area contributed by atoms with E-state index in [9.17, 15) is 4.79 Å². The van der Waals surface area contributed by atoms with E-state index < -0.39 is 0 Å². The quantitative estimate of drug-likeness (QED) is 0.830. The van der Waals surface area contributed by atoms with Gasteiger partial charge in [-0.15, -0.1) is 0 Å². The molecule has 0 radical (unpaired) electrons. The van der Waals surface area contributed by atoms with E-state index in [1.807, 2.05) is 0 Å². The fourth-order valence-corrected chi connectivity index (χ4v) is 3.99. The van der Waals surface area contributed by atoms with Crippen LogP contribution in [0.3, 0.4) is 0 Å². The summed E-state index contributed by atoms with van der Waals surface area (Å²) in [6.45, 7) is 4.41. The zero-order chi connectivity index (χ0) is 14.5. The summed E-state index contributed by atoms with van der Waals surface area (Å²) in [7, 11) is 0. The van der Waals surface area contributed by atoms with Gasteiger partial charge < -0.3 is 11.1 Å². The van der Waals surface area contributed by atoms with Crippen molar-refractivity contribution in [1.82, 2.24) is 5.32 Å². The third-order valence-corrected chi connectivity index (χ3v) is 5.62. The van der Waals surface area contributed by atoms with Gasteiger partial charge in [0.2, 0.25) is 5.91 Å². The summed E-state index contributed by atoms with van der Waals surface area (Å²) in [4.78, 5) is 12.5. The maximum absolute atomic E-state index is 12.5. The molecule has 3 heteroatoms. The molecule has 2 rings (SSSR count). The van der Waals surface area contributed by atoms with Crippen LogP contribution < -0.4 is 11.1 Å².